The Labute approximate surface area is 138 Å². The lowest BCUT2D eigenvalue weighted by atomic mass is 9.83. The zero-order valence-electron chi connectivity index (χ0n) is 14.8. The first-order valence-electron chi connectivity index (χ1n) is 7.78. The molecule has 0 saturated heterocycles. The summed E-state index contributed by atoms with van der Waals surface area (Å²) in [5, 5.41) is 10.6. The Balaban J connectivity index is 2.60. The fraction of sp³-hybridized carbons (Fsp3) is 0.421. The molecule has 0 radical (unpaired) electrons. The van der Waals surface area contributed by atoms with E-state index in [9.17, 15) is 9.90 Å². The maximum Gasteiger partial charge on any atom is 0.209 e. The predicted molar refractivity (Wildman–Crippen MR) is 93.0 cm³/mol. The highest BCUT2D eigenvalue weighted by atomic mass is 16.3. The molecule has 0 atom stereocenters. The molecule has 1 aromatic carbocycles. The Bertz CT molecular complexity index is 721. The molecule has 23 heavy (non-hydrogen) atoms. The second kappa shape index (κ2) is 6.20. The smallest absolute Gasteiger partial charge is 0.209 e. The van der Waals surface area contributed by atoms with Crippen molar-refractivity contribution in [2.45, 2.75) is 32.7 Å². The number of carbonyl (C=O) groups excluding carboxylic acids is 1. The number of phenols is 1. The molecule has 0 bridgehead atoms. The van der Waals surface area contributed by atoms with Crippen LogP contribution in [0.2, 0.25) is 0 Å². The van der Waals surface area contributed by atoms with E-state index in [4.69, 9.17) is 0 Å². The fourth-order valence-electron chi connectivity index (χ4n) is 2.70. The third kappa shape index (κ3) is 3.64. The number of aromatic nitrogens is 1. The van der Waals surface area contributed by atoms with Crippen LogP contribution in [0, 0.1) is 0 Å². The summed E-state index contributed by atoms with van der Waals surface area (Å²) < 4.78 is 1.82. The molecule has 0 aliphatic rings. The van der Waals surface area contributed by atoms with Crippen LogP contribution in [-0.2, 0) is 19.0 Å². The summed E-state index contributed by atoms with van der Waals surface area (Å²) in [6, 6.07) is 7.31. The van der Waals surface area contributed by atoms with Crippen LogP contribution in [0.15, 0.2) is 30.5 Å². The molecule has 2 rings (SSSR count). The standard InChI is InChI=1S/C19H26N2O2/c1-19(2,3)15-11-13(10-14(17(15)22)12-20(4)5)18(23)16-8-7-9-21(16)6/h7-11,22H,12H2,1-6H3. The van der Waals surface area contributed by atoms with E-state index < -0.39 is 0 Å². The first kappa shape index (κ1) is 17.3. The minimum atomic E-state index is -0.240. The number of rotatable bonds is 4. The molecule has 1 heterocycles. The molecule has 124 valence electrons. The van der Waals surface area contributed by atoms with Crippen molar-refractivity contribution in [1.29, 1.82) is 0 Å². The van der Waals surface area contributed by atoms with Gasteiger partial charge in [-0.25, -0.2) is 0 Å². The van der Waals surface area contributed by atoms with Crippen LogP contribution in [-0.4, -0.2) is 34.5 Å². The van der Waals surface area contributed by atoms with Crippen LogP contribution in [0.5, 0.6) is 5.75 Å². The van der Waals surface area contributed by atoms with E-state index in [1.165, 1.54) is 0 Å². The van der Waals surface area contributed by atoms with Gasteiger partial charge in [0.2, 0.25) is 5.78 Å². The number of hydrogen-bond donors (Lipinski definition) is 1. The first-order valence-corrected chi connectivity index (χ1v) is 7.78. The highest BCUT2D eigenvalue weighted by Crippen LogP contribution is 2.35. The van der Waals surface area contributed by atoms with E-state index >= 15 is 0 Å². The van der Waals surface area contributed by atoms with Gasteiger partial charge in [-0.05, 0) is 43.8 Å². The third-order valence-corrected chi connectivity index (χ3v) is 3.92. The number of hydrogen-bond acceptors (Lipinski definition) is 3. The quantitative estimate of drug-likeness (QED) is 0.881. The lowest BCUT2D eigenvalue weighted by molar-refractivity contribution is 0.103. The monoisotopic (exact) mass is 314 g/mol. The van der Waals surface area contributed by atoms with Gasteiger partial charge < -0.3 is 14.6 Å². The van der Waals surface area contributed by atoms with E-state index in [-0.39, 0.29) is 16.9 Å². The summed E-state index contributed by atoms with van der Waals surface area (Å²) in [6.45, 7) is 6.71. The molecule has 1 aromatic heterocycles. The van der Waals surface area contributed by atoms with Crippen LogP contribution in [0.4, 0.5) is 0 Å². The summed E-state index contributed by atoms with van der Waals surface area (Å²) in [6.07, 6.45) is 1.86. The van der Waals surface area contributed by atoms with Gasteiger partial charge in [0.05, 0.1) is 5.69 Å². The number of phenolic OH excluding ortho intramolecular Hbond substituents is 1. The van der Waals surface area contributed by atoms with Crippen molar-refractivity contribution in [2.24, 2.45) is 7.05 Å². The topological polar surface area (TPSA) is 45.5 Å². The maximum absolute atomic E-state index is 12.8. The molecule has 2 aromatic rings. The highest BCUT2D eigenvalue weighted by molar-refractivity contribution is 6.08. The van der Waals surface area contributed by atoms with Gasteiger partial charge >= 0.3 is 0 Å². The van der Waals surface area contributed by atoms with Crippen molar-refractivity contribution in [2.75, 3.05) is 14.1 Å². The van der Waals surface area contributed by atoms with Crippen molar-refractivity contribution in [3.63, 3.8) is 0 Å². The lowest BCUT2D eigenvalue weighted by Gasteiger charge is -2.24. The fourth-order valence-corrected chi connectivity index (χ4v) is 2.70. The molecule has 0 amide bonds. The molecule has 0 fully saturated rings. The molecular weight excluding hydrogens is 288 g/mol. The molecule has 1 N–H and O–H groups in total. The van der Waals surface area contributed by atoms with Crippen molar-refractivity contribution >= 4 is 5.78 Å². The molecule has 0 aliphatic carbocycles. The normalized spacial score (nSPS) is 12.0. The summed E-state index contributed by atoms with van der Waals surface area (Å²) in [5.74, 6) is 0.262. The van der Waals surface area contributed by atoms with Crippen molar-refractivity contribution in [1.82, 2.24) is 9.47 Å². The van der Waals surface area contributed by atoms with Gasteiger partial charge in [-0.3, -0.25) is 4.79 Å². The van der Waals surface area contributed by atoms with Crippen LogP contribution in [0.3, 0.4) is 0 Å². The number of benzene rings is 1. The van der Waals surface area contributed by atoms with Gasteiger partial charge in [0, 0.05) is 36.5 Å². The summed E-state index contributed by atoms with van der Waals surface area (Å²) in [4.78, 5) is 14.8. The Morgan fingerprint density at radius 2 is 1.91 bits per heavy atom. The number of carbonyl (C=O) groups is 1. The van der Waals surface area contributed by atoms with Crippen molar-refractivity contribution in [3.05, 3.63) is 52.8 Å². The third-order valence-electron chi connectivity index (χ3n) is 3.92. The summed E-state index contributed by atoms with van der Waals surface area (Å²) in [7, 11) is 5.75. The van der Waals surface area contributed by atoms with E-state index in [1.807, 2.05) is 75.8 Å². The molecular formula is C19H26N2O2. The SMILES string of the molecule is CN(C)Cc1cc(C(=O)c2cccn2C)cc(C(C)(C)C)c1O. The second-order valence-corrected chi connectivity index (χ2v) is 7.35. The van der Waals surface area contributed by atoms with Gasteiger partial charge in [0.25, 0.3) is 0 Å². The Kier molecular flexibility index (Phi) is 4.66. The van der Waals surface area contributed by atoms with Crippen LogP contribution in [0.25, 0.3) is 0 Å². The minimum Gasteiger partial charge on any atom is -0.507 e. The number of aryl methyl sites for hydroxylation is 1. The lowest BCUT2D eigenvalue weighted by Crippen LogP contribution is -2.17. The largest absolute Gasteiger partial charge is 0.507 e. The van der Waals surface area contributed by atoms with Gasteiger partial charge in [0.15, 0.2) is 0 Å². The molecule has 0 spiro atoms. The number of nitrogens with zero attached hydrogens (tertiary/aromatic N) is 2. The predicted octanol–water partition coefficient (Wildman–Crippen LogP) is 3.32. The van der Waals surface area contributed by atoms with E-state index in [0.29, 0.717) is 17.8 Å². The number of aromatic hydroxyl groups is 1. The zero-order valence-corrected chi connectivity index (χ0v) is 14.8. The second-order valence-electron chi connectivity index (χ2n) is 7.35. The Morgan fingerprint density at radius 1 is 1.26 bits per heavy atom. The summed E-state index contributed by atoms with van der Waals surface area (Å²) in [5.41, 5.74) is 2.60. The van der Waals surface area contributed by atoms with Crippen molar-refractivity contribution in [3.8, 4) is 5.75 Å². The minimum absolute atomic E-state index is 0.0250. The van der Waals surface area contributed by atoms with Gasteiger partial charge in [-0.2, -0.15) is 0 Å². The molecule has 4 nitrogen and oxygen atoms in total. The molecule has 0 aliphatic heterocycles. The summed E-state index contributed by atoms with van der Waals surface area (Å²) >= 11 is 0. The zero-order chi connectivity index (χ0) is 17.4. The van der Waals surface area contributed by atoms with Gasteiger partial charge in [-0.1, -0.05) is 20.8 Å². The number of ketones is 1. The van der Waals surface area contributed by atoms with E-state index in [2.05, 4.69) is 0 Å². The molecule has 4 heteroatoms. The van der Waals surface area contributed by atoms with Crippen molar-refractivity contribution < 1.29 is 9.90 Å². The van der Waals surface area contributed by atoms with Crippen LogP contribution in [0.1, 0.15) is 48.0 Å². The van der Waals surface area contributed by atoms with E-state index in [1.54, 1.807) is 6.07 Å². The maximum atomic E-state index is 12.8. The van der Waals surface area contributed by atoms with Crippen LogP contribution < -0.4 is 0 Å². The van der Waals surface area contributed by atoms with Crippen LogP contribution >= 0.6 is 0 Å². The van der Waals surface area contributed by atoms with Gasteiger partial charge in [-0.15, -0.1) is 0 Å². The highest BCUT2D eigenvalue weighted by Gasteiger charge is 2.24. The van der Waals surface area contributed by atoms with Gasteiger partial charge in [0.1, 0.15) is 5.75 Å². The first-order chi connectivity index (χ1) is 10.6. The molecule has 0 unspecified atom stereocenters. The van der Waals surface area contributed by atoms with E-state index in [0.717, 1.165) is 11.1 Å². The Hall–Kier alpha value is -2.07. The Morgan fingerprint density at radius 3 is 2.39 bits per heavy atom. The molecule has 0 saturated carbocycles. The average Bonchev–Trinajstić information content (AvgIpc) is 2.84. The average molecular weight is 314 g/mol.